The number of hydrogen-bond acceptors (Lipinski definition) is 3. The van der Waals surface area contributed by atoms with Crippen molar-refractivity contribution >= 4 is 68.0 Å². The normalized spacial score (nSPS) is 7.50. The number of nitrogen functional groups attached to an aromatic ring is 3. The highest BCUT2D eigenvalue weighted by Crippen LogP contribution is 1.97. The van der Waals surface area contributed by atoms with E-state index in [2.05, 4.69) is 0 Å². The van der Waals surface area contributed by atoms with Crippen LogP contribution in [0.4, 0.5) is 17.1 Å². The first kappa shape index (κ1) is 27.4. The van der Waals surface area contributed by atoms with Gasteiger partial charge in [0.25, 0.3) is 0 Å². The molecule has 0 heterocycles. The summed E-state index contributed by atoms with van der Waals surface area (Å²) in [6, 6.07) is 28.5. The third kappa shape index (κ3) is 15.4. The number of hydrogen-bond donors (Lipinski definition) is 3. The lowest BCUT2D eigenvalue weighted by atomic mass is 10.3. The van der Waals surface area contributed by atoms with Crippen molar-refractivity contribution in [1.29, 1.82) is 0 Å². The molecule has 0 atom stereocenters. The molecular weight excluding hydrogens is 498 g/mol. The molecule has 0 aliphatic rings. The van der Waals surface area contributed by atoms with Crippen molar-refractivity contribution in [3.05, 3.63) is 91.0 Å². The Morgan fingerprint density at radius 1 is 0.333 bits per heavy atom. The van der Waals surface area contributed by atoms with Gasteiger partial charge in [0, 0.05) is 17.1 Å². The number of rotatable bonds is 0. The van der Waals surface area contributed by atoms with Crippen molar-refractivity contribution in [2.45, 2.75) is 0 Å². The van der Waals surface area contributed by atoms with E-state index in [-0.39, 0.29) is 50.9 Å². The fourth-order valence-corrected chi connectivity index (χ4v) is 1.36. The average Bonchev–Trinajstić information content (AvgIpc) is 2.51. The maximum atomic E-state index is 5.36. The Balaban J connectivity index is -0.000000259. The van der Waals surface area contributed by atoms with Gasteiger partial charge in [0.1, 0.15) is 0 Å². The first-order valence-corrected chi connectivity index (χ1v) is 6.60. The number of benzene rings is 3. The lowest BCUT2D eigenvalue weighted by Crippen LogP contribution is -1.79. The highest BCUT2D eigenvalue weighted by molar-refractivity contribution is 8.93. The van der Waals surface area contributed by atoms with E-state index in [4.69, 9.17) is 17.2 Å². The van der Waals surface area contributed by atoms with Gasteiger partial charge in [0.05, 0.1) is 0 Å². The molecule has 6 heteroatoms. The zero-order chi connectivity index (χ0) is 15.3. The van der Waals surface area contributed by atoms with Gasteiger partial charge in [-0.2, -0.15) is 0 Å². The van der Waals surface area contributed by atoms with Crippen molar-refractivity contribution in [2.24, 2.45) is 0 Å². The van der Waals surface area contributed by atoms with E-state index in [1.165, 1.54) is 0 Å². The zero-order valence-electron chi connectivity index (χ0n) is 13.1. The second-order valence-corrected chi connectivity index (χ2v) is 4.23. The molecule has 0 spiro atoms. The molecule has 0 amide bonds. The summed E-state index contributed by atoms with van der Waals surface area (Å²) < 4.78 is 0. The van der Waals surface area contributed by atoms with Gasteiger partial charge in [-0.3, -0.25) is 0 Å². The predicted molar refractivity (Wildman–Crippen MR) is 124 cm³/mol. The van der Waals surface area contributed by atoms with Crippen molar-refractivity contribution in [3.8, 4) is 0 Å². The van der Waals surface area contributed by atoms with Crippen LogP contribution in [0.15, 0.2) is 91.0 Å². The topological polar surface area (TPSA) is 78.1 Å². The Labute approximate surface area is 175 Å². The molecule has 3 aromatic rings. The molecule has 0 bridgehead atoms. The third-order valence-electron chi connectivity index (χ3n) is 2.40. The van der Waals surface area contributed by atoms with Gasteiger partial charge in [-0.05, 0) is 36.4 Å². The molecule has 3 rings (SSSR count). The van der Waals surface area contributed by atoms with Gasteiger partial charge in [-0.1, -0.05) is 54.6 Å². The SMILES string of the molecule is Br.Br.Br.Nc1ccccc1.Nc1ccccc1.Nc1ccccc1. The molecule has 0 fully saturated rings. The molecule has 0 saturated carbocycles. The van der Waals surface area contributed by atoms with E-state index in [0.29, 0.717) is 0 Å². The van der Waals surface area contributed by atoms with Crippen molar-refractivity contribution in [1.82, 2.24) is 0 Å². The number of anilines is 3. The largest absolute Gasteiger partial charge is 0.399 e. The van der Waals surface area contributed by atoms with E-state index in [1.807, 2.05) is 91.0 Å². The summed E-state index contributed by atoms with van der Waals surface area (Å²) in [6.07, 6.45) is 0. The zero-order valence-corrected chi connectivity index (χ0v) is 18.3. The standard InChI is InChI=1S/3C6H7N.3BrH/c3*7-6-4-2-1-3-5-6;;;/h3*1-5H,7H2;3*1H. The van der Waals surface area contributed by atoms with E-state index in [1.54, 1.807) is 0 Å². The third-order valence-corrected chi connectivity index (χ3v) is 2.40. The van der Waals surface area contributed by atoms with Crippen LogP contribution in [-0.4, -0.2) is 0 Å². The second kappa shape index (κ2) is 17.8. The van der Waals surface area contributed by atoms with Crippen LogP contribution in [0.5, 0.6) is 0 Å². The summed E-state index contributed by atoms with van der Waals surface area (Å²) in [4.78, 5) is 0. The Hall–Kier alpha value is -1.50. The summed E-state index contributed by atoms with van der Waals surface area (Å²) >= 11 is 0. The lowest BCUT2D eigenvalue weighted by Gasteiger charge is -1.83. The van der Waals surface area contributed by atoms with E-state index >= 15 is 0 Å². The first-order valence-electron chi connectivity index (χ1n) is 6.60. The Kier molecular flexibility index (Phi) is 20.3. The van der Waals surface area contributed by atoms with E-state index < -0.39 is 0 Å². The maximum Gasteiger partial charge on any atom is 0.0313 e. The Morgan fingerprint density at radius 3 is 0.583 bits per heavy atom. The van der Waals surface area contributed by atoms with Crippen LogP contribution in [0.25, 0.3) is 0 Å². The molecule has 0 aromatic heterocycles. The summed E-state index contributed by atoms with van der Waals surface area (Å²) in [5, 5.41) is 0. The molecule has 0 saturated heterocycles. The number of para-hydroxylation sites is 3. The van der Waals surface area contributed by atoms with Crippen LogP contribution < -0.4 is 17.2 Å². The van der Waals surface area contributed by atoms with Crippen LogP contribution in [0.2, 0.25) is 0 Å². The quantitative estimate of drug-likeness (QED) is 0.340. The molecule has 3 aromatic carbocycles. The fourth-order valence-electron chi connectivity index (χ4n) is 1.36. The lowest BCUT2D eigenvalue weighted by molar-refractivity contribution is 1.69. The van der Waals surface area contributed by atoms with Gasteiger partial charge < -0.3 is 17.2 Å². The average molecular weight is 522 g/mol. The number of halogens is 3. The van der Waals surface area contributed by atoms with Crippen LogP contribution in [0.1, 0.15) is 0 Å². The summed E-state index contributed by atoms with van der Waals surface area (Å²) in [7, 11) is 0. The molecule has 0 aliphatic carbocycles. The first-order chi connectivity index (χ1) is 10.2. The molecule has 6 N–H and O–H groups in total. The van der Waals surface area contributed by atoms with Crippen LogP contribution in [0, 0.1) is 0 Å². The minimum atomic E-state index is 0. The minimum Gasteiger partial charge on any atom is -0.399 e. The van der Waals surface area contributed by atoms with Gasteiger partial charge in [-0.15, -0.1) is 50.9 Å². The fraction of sp³-hybridized carbons (Fsp3) is 0. The summed E-state index contributed by atoms with van der Waals surface area (Å²) in [5.41, 5.74) is 18.5. The van der Waals surface area contributed by atoms with Gasteiger partial charge in [-0.25, -0.2) is 0 Å². The molecule has 24 heavy (non-hydrogen) atoms. The summed E-state index contributed by atoms with van der Waals surface area (Å²) in [5.74, 6) is 0. The molecule has 0 aliphatic heterocycles. The molecule has 0 radical (unpaired) electrons. The van der Waals surface area contributed by atoms with Gasteiger partial charge in [0.2, 0.25) is 0 Å². The highest BCUT2D eigenvalue weighted by Gasteiger charge is 1.73. The van der Waals surface area contributed by atoms with Crippen LogP contribution >= 0.6 is 50.9 Å². The predicted octanol–water partition coefficient (Wildman–Crippen LogP) is 5.54. The number of nitrogens with two attached hydrogens (primary N) is 3. The van der Waals surface area contributed by atoms with Crippen LogP contribution in [-0.2, 0) is 0 Å². The smallest absolute Gasteiger partial charge is 0.0313 e. The molecular formula is C18H24Br3N3. The van der Waals surface area contributed by atoms with E-state index in [0.717, 1.165) is 17.1 Å². The summed E-state index contributed by atoms with van der Waals surface area (Å²) in [6.45, 7) is 0. The van der Waals surface area contributed by atoms with Crippen molar-refractivity contribution in [2.75, 3.05) is 17.2 Å². The second-order valence-electron chi connectivity index (χ2n) is 4.23. The monoisotopic (exact) mass is 519 g/mol. The highest BCUT2D eigenvalue weighted by atomic mass is 79.9. The Morgan fingerprint density at radius 2 is 0.500 bits per heavy atom. The molecule has 0 unspecified atom stereocenters. The molecule has 132 valence electrons. The van der Waals surface area contributed by atoms with Crippen molar-refractivity contribution < 1.29 is 0 Å². The van der Waals surface area contributed by atoms with Gasteiger partial charge in [0.15, 0.2) is 0 Å². The Bertz CT molecular complexity index is 505. The van der Waals surface area contributed by atoms with Crippen molar-refractivity contribution in [3.63, 3.8) is 0 Å². The van der Waals surface area contributed by atoms with E-state index in [9.17, 15) is 0 Å². The van der Waals surface area contributed by atoms with Gasteiger partial charge >= 0.3 is 0 Å². The minimum absolute atomic E-state index is 0. The maximum absolute atomic E-state index is 5.36. The van der Waals surface area contributed by atoms with Crippen LogP contribution in [0.3, 0.4) is 0 Å². The molecule has 3 nitrogen and oxygen atoms in total.